The van der Waals surface area contributed by atoms with E-state index in [4.69, 9.17) is 0 Å². The molecule has 2 atom stereocenters. The zero-order chi connectivity index (χ0) is 12.1. The molecule has 0 aromatic heterocycles. The van der Waals surface area contributed by atoms with E-state index in [2.05, 4.69) is 26.0 Å². The van der Waals surface area contributed by atoms with Gasteiger partial charge in [0.2, 0.25) is 0 Å². The van der Waals surface area contributed by atoms with Gasteiger partial charge in [-0.05, 0) is 36.0 Å². The summed E-state index contributed by atoms with van der Waals surface area (Å²) in [5.74, 6) is -0.726. The molecule has 2 nitrogen and oxygen atoms in total. The van der Waals surface area contributed by atoms with Gasteiger partial charge in [0.25, 0.3) is 0 Å². The Hall–Kier alpha value is -1.31. The number of rotatable bonds is 2. The minimum atomic E-state index is -0.669. The summed E-state index contributed by atoms with van der Waals surface area (Å²) >= 11 is 0. The first-order chi connectivity index (χ1) is 7.37. The Bertz CT molecular complexity index is 426. The number of aliphatic carboxylic acids is 1. The number of benzene rings is 1. The second-order valence-corrected chi connectivity index (χ2v) is 5.42. The molecule has 86 valence electrons. The molecule has 0 saturated heterocycles. The zero-order valence-corrected chi connectivity index (χ0v) is 10.2. The first kappa shape index (κ1) is 11.2. The van der Waals surface area contributed by atoms with Crippen molar-refractivity contribution in [3.63, 3.8) is 0 Å². The molecule has 1 aromatic carbocycles. The molecule has 1 N–H and O–H groups in total. The van der Waals surface area contributed by atoms with Crippen molar-refractivity contribution in [2.45, 2.75) is 33.6 Å². The van der Waals surface area contributed by atoms with E-state index in [0.29, 0.717) is 0 Å². The number of aryl methyl sites for hydroxylation is 2. The van der Waals surface area contributed by atoms with Crippen molar-refractivity contribution in [2.24, 2.45) is 11.3 Å². The van der Waals surface area contributed by atoms with Crippen LogP contribution in [0.1, 0.15) is 36.5 Å². The maximum Gasteiger partial charge on any atom is 0.307 e. The summed E-state index contributed by atoms with van der Waals surface area (Å²) in [5.41, 5.74) is 3.55. The predicted molar refractivity (Wildman–Crippen MR) is 63.6 cm³/mol. The van der Waals surface area contributed by atoms with Crippen LogP contribution in [0.3, 0.4) is 0 Å². The van der Waals surface area contributed by atoms with Crippen molar-refractivity contribution in [2.75, 3.05) is 0 Å². The highest BCUT2D eigenvalue weighted by Crippen LogP contribution is 2.65. The van der Waals surface area contributed by atoms with E-state index >= 15 is 0 Å². The molecule has 0 heterocycles. The Morgan fingerprint density at radius 3 is 2.12 bits per heavy atom. The zero-order valence-electron chi connectivity index (χ0n) is 10.2. The SMILES string of the molecule is Cc1cccc(C)c1C1C(C(=O)O)C1(C)C. The molecule has 2 rings (SSSR count). The van der Waals surface area contributed by atoms with Gasteiger partial charge in [-0.3, -0.25) is 4.79 Å². The summed E-state index contributed by atoms with van der Waals surface area (Å²) in [6, 6.07) is 6.16. The van der Waals surface area contributed by atoms with Crippen molar-refractivity contribution < 1.29 is 9.90 Å². The number of hydrogen-bond acceptors (Lipinski definition) is 1. The van der Waals surface area contributed by atoms with Crippen molar-refractivity contribution in [3.05, 3.63) is 34.9 Å². The summed E-state index contributed by atoms with van der Waals surface area (Å²) in [4.78, 5) is 11.2. The monoisotopic (exact) mass is 218 g/mol. The molecule has 1 aliphatic rings. The summed E-state index contributed by atoms with van der Waals surface area (Å²) in [6.07, 6.45) is 0. The average molecular weight is 218 g/mol. The Balaban J connectivity index is 2.45. The van der Waals surface area contributed by atoms with E-state index in [-0.39, 0.29) is 17.3 Å². The normalized spacial score (nSPS) is 26.5. The van der Waals surface area contributed by atoms with Gasteiger partial charge in [-0.2, -0.15) is 0 Å². The van der Waals surface area contributed by atoms with Crippen LogP contribution in [0.4, 0.5) is 0 Å². The maximum atomic E-state index is 11.2. The minimum absolute atomic E-state index is 0.108. The minimum Gasteiger partial charge on any atom is -0.481 e. The standard InChI is InChI=1S/C14H18O2/c1-8-6-5-7-9(2)10(8)11-12(13(15)16)14(11,3)4/h5-7,11-12H,1-4H3,(H,15,16). The highest BCUT2D eigenvalue weighted by molar-refractivity contribution is 5.78. The molecule has 0 spiro atoms. The molecular weight excluding hydrogens is 200 g/mol. The number of carbonyl (C=O) groups is 1. The van der Waals surface area contributed by atoms with Crippen LogP contribution in [0.25, 0.3) is 0 Å². The van der Waals surface area contributed by atoms with E-state index in [1.165, 1.54) is 16.7 Å². The van der Waals surface area contributed by atoms with Gasteiger partial charge in [0.15, 0.2) is 0 Å². The first-order valence-electron chi connectivity index (χ1n) is 5.66. The molecule has 1 aliphatic carbocycles. The highest BCUT2D eigenvalue weighted by atomic mass is 16.4. The van der Waals surface area contributed by atoms with E-state index in [0.717, 1.165) is 0 Å². The maximum absolute atomic E-state index is 11.2. The summed E-state index contributed by atoms with van der Waals surface area (Å²) in [6.45, 7) is 8.22. The van der Waals surface area contributed by atoms with Crippen LogP contribution in [-0.4, -0.2) is 11.1 Å². The largest absolute Gasteiger partial charge is 0.481 e. The fraction of sp³-hybridized carbons (Fsp3) is 0.500. The van der Waals surface area contributed by atoms with Crippen molar-refractivity contribution >= 4 is 5.97 Å². The van der Waals surface area contributed by atoms with Gasteiger partial charge < -0.3 is 5.11 Å². The Morgan fingerprint density at radius 1 is 1.25 bits per heavy atom. The van der Waals surface area contributed by atoms with Gasteiger partial charge in [-0.1, -0.05) is 32.0 Å². The van der Waals surface area contributed by atoms with Gasteiger partial charge in [0.1, 0.15) is 0 Å². The molecule has 1 aromatic rings. The molecule has 1 saturated carbocycles. The van der Waals surface area contributed by atoms with E-state index in [9.17, 15) is 9.90 Å². The van der Waals surface area contributed by atoms with Crippen molar-refractivity contribution in [1.29, 1.82) is 0 Å². The molecule has 16 heavy (non-hydrogen) atoms. The summed E-state index contributed by atoms with van der Waals surface area (Å²) in [7, 11) is 0. The molecule has 2 unspecified atom stereocenters. The number of hydrogen-bond donors (Lipinski definition) is 1. The van der Waals surface area contributed by atoms with Crippen molar-refractivity contribution in [3.8, 4) is 0 Å². The van der Waals surface area contributed by atoms with Crippen molar-refractivity contribution in [1.82, 2.24) is 0 Å². The molecule has 0 aliphatic heterocycles. The van der Waals surface area contributed by atoms with Gasteiger partial charge >= 0.3 is 5.97 Å². The smallest absolute Gasteiger partial charge is 0.307 e. The molecule has 1 fully saturated rings. The fourth-order valence-corrected chi connectivity index (χ4v) is 2.96. The third-order valence-corrected chi connectivity index (χ3v) is 3.95. The van der Waals surface area contributed by atoms with Crippen LogP contribution in [-0.2, 0) is 4.79 Å². The van der Waals surface area contributed by atoms with Gasteiger partial charge in [-0.25, -0.2) is 0 Å². The van der Waals surface area contributed by atoms with Gasteiger partial charge in [0.05, 0.1) is 5.92 Å². The second-order valence-electron chi connectivity index (χ2n) is 5.42. The quantitative estimate of drug-likeness (QED) is 0.828. The lowest BCUT2D eigenvalue weighted by Gasteiger charge is -2.10. The van der Waals surface area contributed by atoms with Crippen LogP contribution in [0.2, 0.25) is 0 Å². The number of carboxylic acid groups (broad SMARTS) is 1. The van der Waals surface area contributed by atoms with Crippen LogP contribution in [0, 0.1) is 25.2 Å². The lowest BCUT2D eigenvalue weighted by atomic mass is 9.94. The van der Waals surface area contributed by atoms with Gasteiger partial charge in [0, 0.05) is 5.92 Å². The number of carboxylic acids is 1. The van der Waals surface area contributed by atoms with E-state index in [1.807, 2.05) is 19.9 Å². The Labute approximate surface area is 96.3 Å². The molecule has 0 amide bonds. The Kier molecular flexibility index (Phi) is 2.33. The average Bonchev–Trinajstić information content (AvgIpc) is 2.69. The van der Waals surface area contributed by atoms with Crippen LogP contribution < -0.4 is 0 Å². The van der Waals surface area contributed by atoms with Gasteiger partial charge in [-0.15, -0.1) is 0 Å². The predicted octanol–water partition coefficient (Wildman–Crippen LogP) is 3.13. The van der Waals surface area contributed by atoms with E-state index < -0.39 is 5.97 Å². The Morgan fingerprint density at radius 2 is 1.75 bits per heavy atom. The van der Waals surface area contributed by atoms with Crippen LogP contribution in [0.5, 0.6) is 0 Å². The third kappa shape index (κ3) is 1.44. The highest BCUT2D eigenvalue weighted by Gasteiger charge is 2.63. The lowest BCUT2D eigenvalue weighted by Crippen LogP contribution is -2.03. The topological polar surface area (TPSA) is 37.3 Å². The second kappa shape index (κ2) is 3.34. The first-order valence-corrected chi connectivity index (χ1v) is 5.66. The van der Waals surface area contributed by atoms with Crippen LogP contribution in [0.15, 0.2) is 18.2 Å². The molecule has 0 radical (unpaired) electrons. The molecule has 0 bridgehead atoms. The van der Waals surface area contributed by atoms with Crippen LogP contribution >= 0.6 is 0 Å². The summed E-state index contributed by atoms with van der Waals surface area (Å²) < 4.78 is 0. The third-order valence-electron chi connectivity index (χ3n) is 3.95. The fourth-order valence-electron chi connectivity index (χ4n) is 2.96. The summed E-state index contributed by atoms with van der Waals surface area (Å²) in [5, 5.41) is 9.20. The van der Waals surface area contributed by atoms with E-state index in [1.54, 1.807) is 0 Å². The molecule has 2 heteroatoms. The molecular formula is C14H18O2. The lowest BCUT2D eigenvalue weighted by molar-refractivity contribution is -0.139.